The van der Waals surface area contributed by atoms with E-state index >= 15 is 0 Å². The summed E-state index contributed by atoms with van der Waals surface area (Å²) in [7, 11) is 0. The van der Waals surface area contributed by atoms with Crippen molar-refractivity contribution in [2.75, 3.05) is 6.61 Å². The maximum Gasteiger partial charge on any atom is 0.201 e. The molecule has 4 aromatic rings. The Morgan fingerprint density at radius 2 is 1.19 bits per heavy atom. The Bertz CT molecular complexity index is 2050. The number of hydrogen-bond donors (Lipinski definition) is 9. The minimum atomic E-state index is -2.52. The predicted octanol–water partition coefficient (Wildman–Crippen LogP) is 1.22. The molecule has 0 aromatic heterocycles. The van der Waals surface area contributed by atoms with Crippen molar-refractivity contribution < 1.29 is 60.3 Å². The first kappa shape index (κ1) is 30.8. The van der Waals surface area contributed by atoms with Crippen LogP contribution >= 0.6 is 0 Å². The van der Waals surface area contributed by atoms with Gasteiger partial charge in [-0.15, -0.1) is 0 Å². The molecule has 9 N–H and O–H groups in total. The number of rotatable bonds is 2. The molecule has 1 fully saturated rings. The van der Waals surface area contributed by atoms with E-state index in [-0.39, 0.29) is 38.9 Å². The molecule has 2 aliphatic carbocycles. The van der Waals surface area contributed by atoms with Crippen molar-refractivity contribution in [1.82, 2.24) is 0 Å². The summed E-state index contributed by atoms with van der Waals surface area (Å²) < 4.78 is 5.67. The summed E-state index contributed by atoms with van der Waals surface area (Å²) in [6.45, 7) is 2.67. The normalized spacial score (nSPS) is 27.9. The Kier molecular flexibility index (Phi) is 6.61. The van der Waals surface area contributed by atoms with Gasteiger partial charge in [0.25, 0.3) is 0 Å². The Morgan fingerprint density at radius 1 is 0.638 bits per heavy atom. The maximum absolute atomic E-state index is 14.2. The third-order valence-electron chi connectivity index (χ3n) is 9.56. The van der Waals surface area contributed by atoms with Crippen molar-refractivity contribution >= 4 is 11.6 Å². The maximum atomic E-state index is 14.2. The zero-order chi connectivity index (χ0) is 33.9. The molecule has 0 spiro atoms. The van der Waals surface area contributed by atoms with Crippen LogP contribution in [0.4, 0.5) is 0 Å². The van der Waals surface area contributed by atoms with Crippen LogP contribution in [0.15, 0.2) is 54.6 Å². The molecule has 0 radical (unpaired) electrons. The standard InChI is InChI=1S/C35H30O12/c1-13-8-18-25(21(37)10-13)30(42)24-15(4-3-5-20(24)36)34(18,45)17-7-6-16-27(28(17)40)31(43)26-19(9-14(2)11-22(26)38)35(16,46)33-32(44)29(41)23(39)12-47-33/h3-11,23,29,32-33,36-41,44-46H,12H2,1-2H3. The molecule has 1 saturated heterocycles. The second kappa shape index (κ2) is 10.1. The zero-order valence-corrected chi connectivity index (χ0v) is 25.0. The van der Waals surface area contributed by atoms with E-state index in [1.54, 1.807) is 13.8 Å². The van der Waals surface area contributed by atoms with Crippen LogP contribution in [0.5, 0.6) is 23.0 Å². The van der Waals surface area contributed by atoms with Crippen LogP contribution < -0.4 is 0 Å². The summed E-state index contributed by atoms with van der Waals surface area (Å²) in [6.07, 6.45) is -6.92. The molecule has 1 heterocycles. The molecule has 12 heteroatoms. The highest BCUT2D eigenvalue weighted by atomic mass is 16.5. The van der Waals surface area contributed by atoms with E-state index in [4.69, 9.17) is 4.74 Å². The van der Waals surface area contributed by atoms with Gasteiger partial charge in [-0.3, -0.25) is 9.59 Å². The Labute approximate surface area is 266 Å². The zero-order valence-electron chi connectivity index (χ0n) is 25.0. The SMILES string of the molecule is Cc1cc(O)c2c(c1)C(O)(c1ccc3c(c1O)C(=O)c1c(O)cc(C)cc1C3(O)C1OCC(O)C(O)C1O)c1cccc(O)c1C2=O. The number of benzene rings is 4. The lowest BCUT2D eigenvalue weighted by Crippen LogP contribution is -2.61. The highest BCUT2D eigenvalue weighted by Crippen LogP contribution is 2.55. The highest BCUT2D eigenvalue weighted by molar-refractivity contribution is 6.18. The van der Waals surface area contributed by atoms with Gasteiger partial charge in [0.15, 0.2) is 0 Å². The van der Waals surface area contributed by atoms with Crippen LogP contribution in [-0.4, -0.2) is 88.5 Å². The first-order chi connectivity index (χ1) is 22.1. The number of carbonyl (C=O) groups excluding carboxylic acids is 2. The molecule has 12 nitrogen and oxygen atoms in total. The van der Waals surface area contributed by atoms with Crippen LogP contribution in [0.25, 0.3) is 0 Å². The first-order valence-electron chi connectivity index (χ1n) is 14.7. The lowest BCUT2D eigenvalue weighted by Gasteiger charge is -2.47. The third-order valence-corrected chi connectivity index (χ3v) is 9.56. The van der Waals surface area contributed by atoms with Crippen LogP contribution in [0.1, 0.15) is 70.8 Å². The fourth-order valence-electron chi connectivity index (χ4n) is 7.42. The molecule has 0 bridgehead atoms. The average Bonchev–Trinajstić information content (AvgIpc) is 3.00. The van der Waals surface area contributed by atoms with Gasteiger partial charge in [0.2, 0.25) is 11.6 Å². The topological polar surface area (TPSA) is 225 Å². The Balaban J connectivity index is 1.56. The fraction of sp³-hybridized carbons (Fsp3) is 0.257. The number of aliphatic hydroxyl groups excluding tert-OH is 3. The van der Waals surface area contributed by atoms with Gasteiger partial charge in [0, 0.05) is 27.8 Å². The summed E-state index contributed by atoms with van der Waals surface area (Å²) >= 11 is 0. The van der Waals surface area contributed by atoms with Gasteiger partial charge in [-0.25, -0.2) is 0 Å². The molecule has 4 aromatic carbocycles. The summed E-state index contributed by atoms with van der Waals surface area (Å²) in [5.41, 5.74) is -7.14. The number of ether oxygens (including phenoxy) is 1. The van der Waals surface area contributed by atoms with E-state index in [1.165, 1.54) is 54.6 Å². The van der Waals surface area contributed by atoms with E-state index in [0.717, 1.165) is 0 Å². The molecule has 1 aliphatic heterocycles. The lowest BCUT2D eigenvalue weighted by molar-refractivity contribution is -0.231. The monoisotopic (exact) mass is 642 g/mol. The van der Waals surface area contributed by atoms with E-state index in [2.05, 4.69) is 0 Å². The van der Waals surface area contributed by atoms with Crippen molar-refractivity contribution in [3.8, 4) is 23.0 Å². The molecule has 6 unspecified atom stereocenters. The predicted molar refractivity (Wildman–Crippen MR) is 162 cm³/mol. The van der Waals surface area contributed by atoms with Crippen molar-refractivity contribution in [2.45, 2.75) is 49.5 Å². The number of ketones is 2. The molecule has 0 amide bonds. The second-order valence-corrected chi connectivity index (χ2v) is 12.4. The van der Waals surface area contributed by atoms with Crippen LogP contribution in [0.3, 0.4) is 0 Å². The van der Waals surface area contributed by atoms with Gasteiger partial charge < -0.3 is 50.7 Å². The largest absolute Gasteiger partial charge is 0.507 e. The van der Waals surface area contributed by atoms with Gasteiger partial charge in [-0.1, -0.05) is 36.4 Å². The van der Waals surface area contributed by atoms with Gasteiger partial charge in [-0.2, -0.15) is 0 Å². The molecule has 3 aliphatic rings. The average molecular weight is 643 g/mol. The Hall–Kier alpha value is -4.82. The number of phenols is 4. The number of phenolic OH excluding ortho intramolecular Hbond substituents is 4. The number of fused-ring (bicyclic) bond motifs is 4. The molecule has 7 rings (SSSR count). The fourth-order valence-corrected chi connectivity index (χ4v) is 7.42. The van der Waals surface area contributed by atoms with E-state index in [9.17, 15) is 55.5 Å². The number of aromatic hydroxyl groups is 4. The molecule has 242 valence electrons. The first-order valence-corrected chi connectivity index (χ1v) is 14.7. The molecule has 47 heavy (non-hydrogen) atoms. The van der Waals surface area contributed by atoms with E-state index < -0.39 is 87.9 Å². The summed E-state index contributed by atoms with van der Waals surface area (Å²) in [6, 6.07) is 11.6. The molecule has 0 saturated carbocycles. The number of aryl methyl sites for hydroxylation is 2. The summed E-state index contributed by atoms with van der Waals surface area (Å²) in [5.74, 6) is -4.25. The van der Waals surface area contributed by atoms with Gasteiger partial charge >= 0.3 is 0 Å². The Morgan fingerprint density at radius 3 is 1.85 bits per heavy atom. The smallest absolute Gasteiger partial charge is 0.201 e. The van der Waals surface area contributed by atoms with Gasteiger partial charge in [0.1, 0.15) is 58.6 Å². The molecule has 6 atom stereocenters. The minimum absolute atomic E-state index is 0.158. The highest BCUT2D eigenvalue weighted by Gasteiger charge is 2.57. The van der Waals surface area contributed by atoms with Crippen molar-refractivity contribution in [3.05, 3.63) is 116 Å². The van der Waals surface area contributed by atoms with Crippen molar-refractivity contribution in [2.24, 2.45) is 0 Å². The van der Waals surface area contributed by atoms with E-state index in [0.29, 0.717) is 11.1 Å². The van der Waals surface area contributed by atoms with Crippen molar-refractivity contribution in [1.29, 1.82) is 0 Å². The number of hydrogen-bond acceptors (Lipinski definition) is 12. The minimum Gasteiger partial charge on any atom is -0.507 e. The van der Waals surface area contributed by atoms with Gasteiger partial charge in [0.05, 0.1) is 28.9 Å². The third kappa shape index (κ3) is 3.91. The van der Waals surface area contributed by atoms with Crippen LogP contribution in [-0.2, 0) is 15.9 Å². The second-order valence-electron chi connectivity index (χ2n) is 12.4. The van der Waals surface area contributed by atoms with Crippen LogP contribution in [0, 0.1) is 13.8 Å². The molecular weight excluding hydrogens is 612 g/mol. The lowest BCUT2D eigenvalue weighted by atomic mass is 9.65. The molecular formula is C35H30O12. The summed E-state index contributed by atoms with van der Waals surface area (Å²) in [5, 5.41) is 102. The quantitative estimate of drug-likeness (QED) is 0.150. The van der Waals surface area contributed by atoms with E-state index in [1.807, 2.05) is 0 Å². The number of aliphatic hydroxyl groups is 5. The van der Waals surface area contributed by atoms with Crippen LogP contribution in [0.2, 0.25) is 0 Å². The van der Waals surface area contributed by atoms with Gasteiger partial charge in [-0.05, 0) is 43.2 Å². The number of carbonyl (C=O) groups is 2. The summed E-state index contributed by atoms with van der Waals surface area (Å²) in [4.78, 5) is 27.8. The van der Waals surface area contributed by atoms with Crippen molar-refractivity contribution in [3.63, 3.8) is 0 Å².